The van der Waals surface area contributed by atoms with Gasteiger partial charge in [-0.1, -0.05) is 54.6 Å². The second-order valence-electron chi connectivity index (χ2n) is 11.7. The first-order valence-corrected chi connectivity index (χ1v) is 14.1. The lowest BCUT2D eigenvalue weighted by Gasteiger charge is -2.32. The molecule has 0 amide bonds. The fourth-order valence-corrected chi connectivity index (χ4v) is 8.77. The molecule has 0 atom stereocenters. The smallest absolute Gasteiger partial charge is 0.258 e. The topological polar surface area (TPSA) is 35.8 Å². The Morgan fingerprint density at radius 3 is 1.39 bits per heavy atom. The summed E-state index contributed by atoms with van der Waals surface area (Å²) in [7, 11) is 0. The largest absolute Gasteiger partial charge is 0.295 e. The Labute approximate surface area is 232 Å². The minimum absolute atomic E-state index is 0.00484. The van der Waals surface area contributed by atoms with Gasteiger partial charge in [-0.05, 0) is 64.9 Å². The van der Waals surface area contributed by atoms with Crippen molar-refractivity contribution in [2.24, 2.45) is 0 Å². The Bertz CT molecular complexity index is 2600. The number of ketones is 1. The van der Waals surface area contributed by atoms with Crippen molar-refractivity contribution < 1.29 is 4.79 Å². The van der Waals surface area contributed by atoms with E-state index in [1.165, 1.54) is 50.1 Å². The zero-order valence-corrected chi connectivity index (χ0v) is 21.6. The zero-order chi connectivity index (χ0) is 26.3. The third-order valence-electron chi connectivity index (χ3n) is 10.1. The van der Waals surface area contributed by atoms with E-state index in [2.05, 4.69) is 109 Å². The lowest BCUT2D eigenvalue weighted by atomic mass is 9.34. The van der Waals surface area contributed by atoms with Crippen LogP contribution in [0.15, 0.2) is 103 Å². The van der Waals surface area contributed by atoms with Crippen LogP contribution in [0.2, 0.25) is 0 Å². The Morgan fingerprint density at radius 2 is 0.878 bits per heavy atom. The van der Waals surface area contributed by atoms with Gasteiger partial charge in [-0.2, -0.15) is 0 Å². The number of para-hydroxylation sites is 4. The quantitative estimate of drug-likeness (QED) is 0.257. The van der Waals surface area contributed by atoms with Crippen molar-refractivity contribution in [2.75, 3.05) is 0 Å². The first kappa shape index (κ1) is 19.6. The fourth-order valence-electron chi connectivity index (χ4n) is 8.77. The molecule has 0 spiro atoms. The number of rotatable bonds is 0. The highest BCUT2D eigenvalue weighted by atomic mass is 16.1. The first-order chi connectivity index (χ1) is 20.3. The summed E-state index contributed by atoms with van der Waals surface area (Å²) in [6.07, 6.45) is 0. The minimum atomic E-state index is 0.00484. The van der Waals surface area contributed by atoms with Gasteiger partial charge in [0.05, 0.1) is 33.1 Å². The Kier molecular flexibility index (Phi) is 2.85. The van der Waals surface area contributed by atoms with Crippen LogP contribution in [0.3, 0.4) is 0 Å². The van der Waals surface area contributed by atoms with Gasteiger partial charge in [0.1, 0.15) is 11.3 Å². The number of hydrogen-bond donors (Lipinski definition) is 0. The molecule has 3 aliphatic rings. The summed E-state index contributed by atoms with van der Waals surface area (Å²) in [5.41, 5.74) is 17.1. The summed E-state index contributed by atoms with van der Waals surface area (Å²) >= 11 is 0. The fraction of sp³-hybridized carbons (Fsp3) is 0. The van der Waals surface area contributed by atoms with Crippen molar-refractivity contribution in [2.45, 2.75) is 0 Å². The number of imidazole rings is 2. The molecule has 0 aliphatic carbocycles. The maximum Gasteiger partial charge on any atom is 0.258 e. The Balaban J connectivity index is 1.50. The van der Waals surface area contributed by atoms with Crippen LogP contribution in [0.25, 0.3) is 66.5 Å². The molecule has 0 unspecified atom stereocenters. The van der Waals surface area contributed by atoms with Crippen molar-refractivity contribution in [1.29, 1.82) is 0 Å². The van der Waals surface area contributed by atoms with Gasteiger partial charge in [0.25, 0.3) is 6.71 Å². The summed E-state index contributed by atoms with van der Waals surface area (Å²) in [4.78, 5) is 14.6. The molecule has 0 saturated heterocycles. The van der Waals surface area contributed by atoms with E-state index in [0.29, 0.717) is 0 Å². The number of nitrogens with zero attached hydrogens (tertiary/aromatic N) is 4. The molecule has 3 aliphatic heterocycles. The van der Waals surface area contributed by atoms with Crippen LogP contribution >= 0.6 is 0 Å². The Hall–Kier alpha value is -5.49. The van der Waals surface area contributed by atoms with E-state index in [-0.39, 0.29) is 12.5 Å². The molecule has 9 aromatic rings. The van der Waals surface area contributed by atoms with E-state index in [9.17, 15) is 4.79 Å². The molecule has 5 aromatic carbocycles. The van der Waals surface area contributed by atoms with Crippen molar-refractivity contribution in [3.63, 3.8) is 0 Å². The highest BCUT2D eigenvalue weighted by Gasteiger charge is 2.46. The SMILES string of the molecule is O=C1c2cccc3c2c2c4n(c5ccccc5n34)-c3cccc4c3B2c2c3c1cccc3n1c3ccccc3n-4c21. The summed E-state index contributed by atoms with van der Waals surface area (Å²) in [6, 6.07) is 36.7. The molecule has 0 N–H and O–H groups in total. The first-order valence-electron chi connectivity index (χ1n) is 14.1. The van der Waals surface area contributed by atoms with Gasteiger partial charge in [0.15, 0.2) is 5.78 Å². The van der Waals surface area contributed by atoms with E-state index < -0.39 is 0 Å². The summed E-state index contributed by atoms with van der Waals surface area (Å²) in [5.74, 6) is 0.102. The molecule has 7 heterocycles. The van der Waals surface area contributed by atoms with Crippen molar-refractivity contribution >= 4 is 84.1 Å². The predicted octanol–water partition coefficient (Wildman–Crippen LogP) is 5.07. The lowest BCUT2D eigenvalue weighted by molar-refractivity contribution is 0.104. The van der Waals surface area contributed by atoms with Gasteiger partial charge in [-0.3, -0.25) is 22.7 Å². The second kappa shape index (κ2) is 5.98. The average molecular weight is 520 g/mol. The normalized spacial score (nSPS) is 14.3. The molecule has 186 valence electrons. The van der Waals surface area contributed by atoms with E-state index in [0.717, 1.165) is 44.0 Å². The second-order valence-corrected chi connectivity index (χ2v) is 11.7. The number of benzene rings is 5. The summed E-state index contributed by atoms with van der Waals surface area (Å²) < 4.78 is 9.69. The van der Waals surface area contributed by atoms with E-state index >= 15 is 0 Å². The van der Waals surface area contributed by atoms with Crippen molar-refractivity contribution in [1.82, 2.24) is 17.9 Å². The molecule has 0 radical (unpaired) electrons. The van der Waals surface area contributed by atoms with Crippen LogP contribution in [0.1, 0.15) is 15.9 Å². The lowest BCUT2D eigenvalue weighted by Crippen LogP contribution is -2.59. The maximum atomic E-state index is 14.6. The number of fused-ring (bicyclic) bond motifs is 10. The number of carbonyl (C=O) groups excluding carboxylic acids is 1. The summed E-state index contributed by atoms with van der Waals surface area (Å²) in [5, 5.41) is 2.17. The monoisotopic (exact) mass is 520 g/mol. The van der Waals surface area contributed by atoms with Crippen LogP contribution < -0.4 is 16.4 Å². The van der Waals surface area contributed by atoms with Crippen LogP contribution in [-0.2, 0) is 0 Å². The number of hydrogen-bond acceptors (Lipinski definition) is 1. The molecule has 0 fully saturated rings. The van der Waals surface area contributed by atoms with Crippen LogP contribution in [0, 0.1) is 0 Å². The maximum absolute atomic E-state index is 14.6. The summed E-state index contributed by atoms with van der Waals surface area (Å²) in [6.45, 7) is 0.00484. The molecule has 41 heavy (non-hydrogen) atoms. The average Bonchev–Trinajstić information content (AvgIpc) is 3.74. The molecule has 12 rings (SSSR count). The van der Waals surface area contributed by atoms with E-state index in [4.69, 9.17) is 0 Å². The third-order valence-corrected chi connectivity index (χ3v) is 10.1. The molecule has 0 bridgehead atoms. The van der Waals surface area contributed by atoms with E-state index in [1.807, 2.05) is 12.1 Å². The molecule has 5 nitrogen and oxygen atoms in total. The molecule has 6 heteroatoms. The van der Waals surface area contributed by atoms with Crippen LogP contribution in [0.5, 0.6) is 0 Å². The van der Waals surface area contributed by atoms with Gasteiger partial charge < -0.3 is 0 Å². The van der Waals surface area contributed by atoms with Gasteiger partial charge >= 0.3 is 0 Å². The van der Waals surface area contributed by atoms with Crippen molar-refractivity contribution in [3.8, 4) is 11.4 Å². The van der Waals surface area contributed by atoms with Gasteiger partial charge in [0, 0.05) is 33.3 Å². The van der Waals surface area contributed by atoms with Crippen molar-refractivity contribution in [3.05, 3.63) is 114 Å². The molecule has 4 aromatic heterocycles. The van der Waals surface area contributed by atoms with Gasteiger partial charge in [-0.25, -0.2) is 0 Å². The van der Waals surface area contributed by atoms with Crippen LogP contribution in [0.4, 0.5) is 0 Å². The highest BCUT2D eigenvalue weighted by molar-refractivity contribution is 7.03. The highest BCUT2D eigenvalue weighted by Crippen LogP contribution is 2.41. The molecular weight excluding hydrogens is 503 g/mol. The van der Waals surface area contributed by atoms with Gasteiger partial charge in [-0.15, -0.1) is 0 Å². The Morgan fingerprint density at radius 1 is 0.439 bits per heavy atom. The van der Waals surface area contributed by atoms with E-state index in [1.54, 1.807) is 0 Å². The minimum Gasteiger partial charge on any atom is -0.295 e. The van der Waals surface area contributed by atoms with Gasteiger partial charge in [0.2, 0.25) is 0 Å². The predicted molar refractivity (Wildman–Crippen MR) is 165 cm³/mol. The zero-order valence-electron chi connectivity index (χ0n) is 21.6. The molecular formula is C35H17BN4O. The van der Waals surface area contributed by atoms with Crippen LogP contribution in [-0.4, -0.2) is 30.4 Å². The standard InChI is InChI=1S/C35H17BN4O/c41-33-18-8-5-14-24-28(18)31-34-37(24)20-10-1-3-12-22(20)39(34)26-16-7-17-27-30(26)36(31)32-29-19(33)9-6-15-25(29)38-21-11-2-4-13-23(21)40(27)35(32)38/h1-17H. The number of carbonyl (C=O) groups is 1. The number of aromatic nitrogens is 4. The molecule has 0 saturated carbocycles. The third kappa shape index (κ3) is 1.80.